The molecule has 4 unspecified atom stereocenters. The fraction of sp³-hybridized carbons (Fsp3) is 0.242. The maximum Gasteiger partial charge on any atom is 0.323 e. The first-order valence-electron chi connectivity index (χ1n) is 13.9. The number of carbonyl (C=O) groups excluding carboxylic acids is 3. The van der Waals surface area contributed by atoms with E-state index in [2.05, 4.69) is 10.6 Å². The standard InChI is InChI=1S/C33H32N4O3S/c38-31(24-13-6-2-7-14-24)28-27(23-11-4-1-5-12-23)30(32(39)36-20-18-34-19-21-36)37(29(28)26-17-10-22-41-26)33(40)35-25-15-8-3-9-16-25/h1-17,22,27-30,34H,18-21H2,(H,35,40). The summed E-state index contributed by atoms with van der Waals surface area (Å²) in [6.45, 7) is 2.47. The topological polar surface area (TPSA) is 81.8 Å². The number of carbonyl (C=O) groups is 3. The summed E-state index contributed by atoms with van der Waals surface area (Å²) in [5.41, 5.74) is 2.07. The zero-order valence-corrected chi connectivity index (χ0v) is 23.4. The molecule has 2 saturated heterocycles. The minimum absolute atomic E-state index is 0.0778. The second-order valence-corrected chi connectivity index (χ2v) is 11.4. The van der Waals surface area contributed by atoms with Crippen LogP contribution in [0.3, 0.4) is 0 Å². The molecular formula is C33H32N4O3S. The number of nitrogens with one attached hydrogen (secondary N) is 2. The summed E-state index contributed by atoms with van der Waals surface area (Å²) < 4.78 is 0. The third-order valence-corrected chi connectivity index (χ3v) is 8.93. The first-order chi connectivity index (χ1) is 20.1. The zero-order valence-electron chi connectivity index (χ0n) is 22.6. The van der Waals surface area contributed by atoms with Gasteiger partial charge in [-0.25, -0.2) is 4.79 Å². The molecular weight excluding hydrogens is 532 g/mol. The minimum Gasteiger partial charge on any atom is -0.338 e. The van der Waals surface area contributed by atoms with Crippen LogP contribution in [0.1, 0.15) is 32.8 Å². The molecule has 41 heavy (non-hydrogen) atoms. The molecule has 2 fully saturated rings. The Morgan fingerprint density at radius 2 is 1.41 bits per heavy atom. The number of piperazine rings is 1. The highest BCUT2D eigenvalue weighted by atomic mass is 32.1. The van der Waals surface area contributed by atoms with E-state index in [0.717, 1.165) is 10.4 Å². The molecule has 3 amide bonds. The van der Waals surface area contributed by atoms with Crippen LogP contribution in [0.4, 0.5) is 10.5 Å². The molecule has 2 aliphatic rings. The van der Waals surface area contributed by atoms with E-state index in [4.69, 9.17) is 0 Å². The van der Waals surface area contributed by atoms with E-state index in [9.17, 15) is 14.4 Å². The maximum absolute atomic E-state index is 14.5. The predicted octanol–water partition coefficient (Wildman–Crippen LogP) is 5.42. The Hall–Kier alpha value is -4.27. The molecule has 0 spiro atoms. The Kier molecular flexibility index (Phi) is 7.93. The lowest BCUT2D eigenvalue weighted by atomic mass is 9.77. The van der Waals surface area contributed by atoms with Crippen LogP contribution in [0.2, 0.25) is 0 Å². The number of amides is 3. The summed E-state index contributed by atoms with van der Waals surface area (Å²) >= 11 is 1.50. The van der Waals surface area contributed by atoms with Crippen LogP contribution in [0, 0.1) is 5.92 Å². The Morgan fingerprint density at radius 1 is 0.780 bits per heavy atom. The number of benzene rings is 3. The van der Waals surface area contributed by atoms with Gasteiger partial charge in [-0.1, -0.05) is 84.9 Å². The number of nitrogens with zero attached hydrogens (tertiary/aromatic N) is 2. The van der Waals surface area contributed by atoms with Crippen molar-refractivity contribution in [2.45, 2.75) is 18.0 Å². The molecule has 7 nitrogen and oxygen atoms in total. The lowest BCUT2D eigenvalue weighted by Gasteiger charge is -2.36. The molecule has 0 aliphatic carbocycles. The molecule has 2 aliphatic heterocycles. The lowest BCUT2D eigenvalue weighted by Crippen LogP contribution is -2.55. The molecule has 1 aromatic heterocycles. The Balaban J connectivity index is 1.54. The van der Waals surface area contributed by atoms with Gasteiger partial charge in [0.15, 0.2) is 5.78 Å². The Morgan fingerprint density at radius 3 is 2.05 bits per heavy atom. The van der Waals surface area contributed by atoms with E-state index in [1.807, 2.05) is 113 Å². The van der Waals surface area contributed by atoms with Crippen LogP contribution in [-0.4, -0.2) is 59.7 Å². The van der Waals surface area contributed by atoms with Crippen LogP contribution in [0.15, 0.2) is 109 Å². The van der Waals surface area contributed by atoms with Crippen molar-refractivity contribution in [3.63, 3.8) is 0 Å². The first-order valence-corrected chi connectivity index (χ1v) is 14.8. The van der Waals surface area contributed by atoms with Gasteiger partial charge in [0.1, 0.15) is 6.04 Å². The van der Waals surface area contributed by atoms with E-state index < -0.39 is 30.0 Å². The summed E-state index contributed by atoms with van der Waals surface area (Å²) in [4.78, 5) is 47.8. The molecule has 6 rings (SSSR count). The highest BCUT2D eigenvalue weighted by Gasteiger charge is 2.58. The van der Waals surface area contributed by atoms with Crippen LogP contribution in [-0.2, 0) is 4.79 Å². The SMILES string of the molecule is O=C(c1ccccc1)C1C(c2ccccc2)C(C(=O)N2CCNCC2)N(C(=O)Nc2ccccc2)C1c1cccs1. The normalized spacial score (nSPS) is 22.3. The van der Waals surface area contributed by atoms with Crippen LogP contribution in [0.5, 0.6) is 0 Å². The number of ketones is 1. The number of urea groups is 1. The average Bonchev–Trinajstić information content (AvgIpc) is 3.69. The summed E-state index contributed by atoms with van der Waals surface area (Å²) in [6, 6.07) is 30.2. The van der Waals surface area contributed by atoms with Crippen molar-refractivity contribution in [2.24, 2.45) is 5.92 Å². The van der Waals surface area contributed by atoms with Crippen molar-refractivity contribution < 1.29 is 14.4 Å². The first kappa shape index (κ1) is 26.9. The van der Waals surface area contributed by atoms with Gasteiger partial charge >= 0.3 is 6.03 Å². The fourth-order valence-electron chi connectivity index (χ4n) is 6.16. The second-order valence-electron chi connectivity index (χ2n) is 10.4. The number of rotatable bonds is 6. The fourth-order valence-corrected chi connectivity index (χ4v) is 7.03. The summed E-state index contributed by atoms with van der Waals surface area (Å²) in [5.74, 6) is -1.42. The maximum atomic E-state index is 14.5. The summed E-state index contributed by atoms with van der Waals surface area (Å²) in [5, 5.41) is 8.30. The van der Waals surface area contributed by atoms with E-state index in [-0.39, 0.29) is 11.7 Å². The average molecular weight is 565 g/mol. The molecule has 208 valence electrons. The summed E-state index contributed by atoms with van der Waals surface area (Å²) in [6.07, 6.45) is 0. The van der Waals surface area contributed by atoms with E-state index in [0.29, 0.717) is 37.4 Å². The number of thiophene rings is 1. The number of Topliss-reactive ketones (excluding diaryl/α,β-unsaturated/α-hetero) is 1. The van der Waals surface area contributed by atoms with Crippen molar-refractivity contribution in [1.82, 2.24) is 15.1 Å². The monoisotopic (exact) mass is 564 g/mol. The van der Waals surface area contributed by atoms with Crippen molar-refractivity contribution in [3.8, 4) is 0 Å². The van der Waals surface area contributed by atoms with Crippen molar-refractivity contribution in [3.05, 3.63) is 125 Å². The van der Waals surface area contributed by atoms with E-state index >= 15 is 0 Å². The van der Waals surface area contributed by atoms with Crippen LogP contribution >= 0.6 is 11.3 Å². The third kappa shape index (κ3) is 5.40. The smallest absolute Gasteiger partial charge is 0.323 e. The van der Waals surface area contributed by atoms with E-state index in [1.54, 1.807) is 4.90 Å². The van der Waals surface area contributed by atoms with Crippen LogP contribution < -0.4 is 10.6 Å². The Bertz CT molecular complexity index is 1470. The molecule has 2 N–H and O–H groups in total. The number of likely N-dealkylation sites (tertiary alicyclic amines) is 1. The van der Waals surface area contributed by atoms with Gasteiger partial charge in [0.25, 0.3) is 0 Å². The van der Waals surface area contributed by atoms with Crippen LogP contribution in [0.25, 0.3) is 0 Å². The predicted molar refractivity (Wildman–Crippen MR) is 161 cm³/mol. The highest BCUT2D eigenvalue weighted by molar-refractivity contribution is 7.10. The molecule has 8 heteroatoms. The largest absolute Gasteiger partial charge is 0.338 e. The van der Waals surface area contributed by atoms with Gasteiger partial charge in [-0.05, 0) is 29.1 Å². The number of para-hydroxylation sites is 1. The number of hydrogen-bond donors (Lipinski definition) is 2. The molecule has 0 bridgehead atoms. The quantitative estimate of drug-likeness (QED) is 0.307. The minimum atomic E-state index is -0.871. The van der Waals surface area contributed by atoms with Gasteiger partial charge < -0.3 is 20.4 Å². The van der Waals surface area contributed by atoms with Gasteiger partial charge in [-0.15, -0.1) is 11.3 Å². The second kappa shape index (κ2) is 12.1. The zero-order chi connectivity index (χ0) is 28.2. The number of hydrogen-bond acceptors (Lipinski definition) is 5. The number of anilines is 1. The summed E-state index contributed by atoms with van der Waals surface area (Å²) in [7, 11) is 0. The van der Waals surface area contributed by atoms with Crippen molar-refractivity contribution in [2.75, 3.05) is 31.5 Å². The van der Waals surface area contributed by atoms with Gasteiger partial charge in [0.2, 0.25) is 5.91 Å². The van der Waals surface area contributed by atoms with Gasteiger partial charge in [0, 0.05) is 48.2 Å². The van der Waals surface area contributed by atoms with Gasteiger partial charge in [-0.3, -0.25) is 9.59 Å². The molecule has 4 aromatic rings. The Labute approximate surface area is 243 Å². The molecule has 0 saturated carbocycles. The van der Waals surface area contributed by atoms with Crippen molar-refractivity contribution in [1.29, 1.82) is 0 Å². The van der Waals surface area contributed by atoms with Gasteiger partial charge in [0.05, 0.1) is 12.0 Å². The lowest BCUT2D eigenvalue weighted by molar-refractivity contribution is -0.136. The molecule has 0 radical (unpaired) electrons. The van der Waals surface area contributed by atoms with Gasteiger partial charge in [-0.2, -0.15) is 0 Å². The van der Waals surface area contributed by atoms with E-state index in [1.165, 1.54) is 11.3 Å². The highest BCUT2D eigenvalue weighted by Crippen LogP contribution is 2.52. The molecule has 4 atom stereocenters. The van der Waals surface area contributed by atoms with Crippen molar-refractivity contribution >= 4 is 34.7 Å². The third-order valence-electron chi connectivity index (χ3n) is 7.99. The molecule has 3 heterocycles. The molecule has 3 aromatic carbocycles.